The highest BCUT2D eigenvalue weighted by molar-refractivity contribution is 5.86. The summed E-state index contributed by atoms with van der Waals surface area (Å²) in [7, 11) is 0. The molecule has 0 atom stereocenters. The van der Waals surface area contributed by atoms with Crippen molar-refractivity contribution in [1.29, 1.82) is 0 Å². The Balaban J connectivity index is 0.00000182. The number of carbonyl (C=O) groups is 2. The van der Waals surface area contributed by atoms with E-state index in [0.29, 0.717) is 45.7 Å². The highest BCUT2D eigenvalue weighted by atomic mass is 35.5. The Morgan fingerprint density at radius 1 is 0.815 bits per heavy atom. The summed E-state index contributed by atoms with van der Waals surface area (Å²) in [5.74, 6) is 0.288. The van der Waals surface area contributed by atoms with Gasteiger partial charge in [-0.25, -0.2) is 0 Å². The van der Waals surface area contributed by atoms with Crippen molar-refractivity contribution in [2.45, 2.75) is 44.1 Å². The van der Waals surface area contributed by atoms with E-state index < -0.39 is 5.54 Å². The van der Waals surface area contributed by atoms with Crippen molar-refractivity contribution in [2.75, 3.05) is 59.0 Å². The monoisotopic (exact) mass is 424 g/mol. The second kappa shape index (κ2) is 11.4. The highest BCUT2D eigenvalue weighted by Crippen LogP contribution is 2.21. The topological polar surface area (TPSA) is 79.1 Å². The fourth-order valence-corrected chi connectivity index (χ4v) is 3.98. The molecule has 158 valence electrons. The number of halogens is 2. The third-order valence-electron chi connectivity index (χ3n) is 5.79. The second-order valence-corrected chi connectivity index (χ2v) is 7.63. The fourth-order valence-electron chi connectivity index (χ4n) is 3.98. The summed E-state index contributed by atoms with van der Waals surface area (Å²) in [6.45, 7) is 6.21. The van der Waals surface area contributed by atoms with Gasteiger partial charge in [0.2, 0.25) is 11.8 Å². The van der Waals surface area contributed by atoms with Crippen LogP contribution in [0.5, 0.6) is 0 Å². The van der Waals surface area contributed by atoms with Gasteiger partial charge in [-0.05, 0) is 25.7 Å². The van der Waals surface area contributed by atoms with Gasteiger partial charge < -0.3 is 20.3 Å². The zero-order valence-electron chi connectivity index (χ0n) is 16.1. The van der Waals surface area contributed by atoms with E-state index in [9.17, 15) is 9.59 Å². The Morgan fingerprint density at radius 3 is 1.93 bits per heavy atom. The highest BCUT2D eigenvalue weighted by Gasteiger charge is 2.39. The molecule has 0 aromatic heterocycles. The molecule has 3 aliphatic heterocycles. The molecule has 0 saturated carbocycles. The number of hydrogen-bond acceptors (Lipinski definition) is 5. The van der Waals surface area contributed by atoms with Crippen LogP contribution in [0.4, 0.5) is 0 Å². The van der Waals surface area contributed by atoms with Crippen molar-refractivity contribution in [2.24, 2.45) is 5.73 Å². The number of hydrogen-bond donors (Lipinski definition) is 1. The molecule has 0 radical (unpaired) electrons. The minimum atomic E-state index is -0.762. The van der Waals surface area contributed by atoms with E-state index in [2.05, 4.69) is 4.90 Å². The third-order valence-corrected chi connectivity index (χ3v) is 5.79. The van der Waals surface area contributed by atoms with Gasteiger partial charge >= 0.3 is 0 Å². The normalized spacial score (nSPS) is 23.6. The van der Waals surface area contributed by atoms with Crippen LogP contribution in [0.2, 0.25) is 0 Å². The van der Waals surface area contributed by atoms with E-state index in [1.54, 1.807) is 0 Å². The van der Waals surface area contributed by atoms with Crippen LogP contribution in [0.15, 0.2) is 0 Å². The zero-order chi connectivity index (χ0) is 17.7. The van der Waals surface area contributed by atoms with E-state index >= 15 is 0 Å². The molecule has 0 bridgehead atoms. The van der Waals surface area contributed by atoms with E-state index in [1.165, 1.54) is 12.8 Å². The predicted octanol–water partition coefficient (Wildman–Crippen LogP) is 0.885. The molecule has 3 heterocycles. The number of likely N-dealkylation sites (tertiary alicyclic amines) is 1. The Bertz CT molecular complexity index is 473. The summed E-state index contributed by atoms with van der Waals surface area (Å²) in [6.07, 6.45) is 5.90. The third kappa shape index (κ3) is 6.46. The lowest BCUT2D eigenvalue weighted by Crippen LogP contribution is -2.61. The lowest BCUT2D eigenvalue weighted by molar-refractivity contribution is -0.142. The number of piperazine rings is 1. The second-order valence-electron chi connectivity index (χ2n) is 7.63. The molecule has 2 amide bonds. The molecule has 0 aromatic rings. The fraction of sp³-hybridized carbons (Fsp3) is 0.889. The van der Waals surface area contributed by atoms with Gasteiger partial charge in [-0.1, -0.05) is 12.8 Å². The van der Waals surface area contributed by atoms with Gasteiger partial charge in [0.15, 0.2) is 0 Å². The predicted molar refractivity (Wildman–Crippen MR) is 110 cm³/mol. The molecule has 3 fully saturated rings. The first-order chi connectivity index (χ1) is 12.1. The standard InChI is InChI=1S/C18H32N4O3.2ClH/c19-18(5-13-25-14-6-18)17(24)22-11-9-20(10-12-22)15-16(23)21-7-3-1-2-4-8-21;;/h1-15,19H2;2*1H. The number of ether oxygens (including phenoxy) is 1. The number of nitrogens with two attached hydrogens (primary N) is 1. The Labute approximate surface area is 174 Å². The Kier molecular flexibility index (Phi) is 10.3. The molecule has 3 aliphatic rings. The summed E-state index contributed by atoms with van der Waals surface area (Å²) in [5.41, 5.74) is 5.55. The van der Waals surface area contributed by atoms with E-state index in [4.69, 9.17) is 10.5 Å². The first-order valence-electron chi connectivity index (χ1n) is 9.75. The average molecular weight is 425 g/mol. The van der Waals surface area contributed by atoms with Crippen molar-refractivity contribution in [3.05, 3.63) is 0 Å². The Hall–Kier alpha value is -0.600. The molecule has 0 unspecified atom stereocenters. The van der Waals surface area contributed by atoms with Gasteiger partial charge in [-0.15, -0.1) is 24.8 Å². The molecule has 0 aromatic carbocycles. The van der Waals surface area contributed by atoms with Crippen molar-refractivity contribution in [3.8, 4) is 0 Å². The smallest absolute Gasteiger partial charge is 0.242 e. The van der Waals surface area contributed by atoms with Crippen molar-refractivity contribution < 1.29 is 14.3 Å². The van der Waals surface area contributed by atoms with Crippen LogP contribution >= 0.6 is 24.8 Å². The number of amides is 2. The van der Waals surface area contributed by atoms with Crippen LogP contribution in [0, 0.1) is 0 Å². The van der Waals surface area contributed by atoms with E-state index in [0.717, 1.165) is 39.0 Å². The van der Waals surface area contributed by atoms with Crippen LogP contribution < -0.4 is 5.73 Å². The number of carbonyl (C=O) groups excluding carboxylic acids is 2. The zero-order valence-corrected chi connectivity index (χ0v) is 17.7. The molecule has 7 nitrogen and oxygen atoms in total. The van der Waals surface area contributed by atoms with Crippen molar-refractivity contribution in [1.82, 2.24) is 14.7 Å². The van der Waals surface area contributed by atoms with Crippen LogP contribution in [0.25, 0.3) is 0 Å². The maximum absolute atomic E-state index is 12.7. The van der Waals surface area contributed by atoms with Gasteiger partial charge in [-0.2, -0.15) is 0 Å². The summed E-state index contributed by atoms with van der Waals surface area (Å²) in [5, 5.41) is 0. The molecule has 0 spiro atoms. The molecular formula is C18H34Cl2N4O3. The molecular weight excluding hydrogens is 391 g/mol. The number of rotatable bonds is 3. The van der Waals surface area contributed by atoms with E-state index in [1.807, 2.05) is 9.80 Å². The van der Waals surface area contributed by atoms with Gasteiger partial charge in [0, 0.05) is 52.5 Å². The van der Waals surface area contributed by atoms with Gasteiger partial charge in [0.1, 0.15) is 0 Å². The summed E-state index contributed by atoms with van der Waals surface area (Å²) in [4.78, 5) is 31.3. The van der Waals surface area contributed by atoms with Gasteiger partial charge in [0.05, 0.1) is 12.1 Å². The van der Waals surface area contributed by atoms with Crippen molar-refractivity contribution in [3.63, 3.8) is 0 Å². The summed E-state index contributed by atoms with van der Waals surface area (Å²) >= 11 is 0. The molecule has 2 N–H and O–H groups in total. The maximum atomic E-state index is 12.7. The lowest BCUT2D eigenvalue weighted by Gasteiger charge is -2.41. The summed E-state index contributed by atoms with van der Waals surface area (Å²) in [6, 6.07) is 0. The van der Waals surface area contributed by atoms with Crippen molar-refractivity contribution >= 4 is 36.6 Å². The molecule has 0 aliphatic carbocycles. The SMILES string of the molecule is Cl.Cl.NC1(C(=O)N2CCN(CC(=O)N3CCCCCC3)CC2)CCOCC1. The number of nitrogens with zero attached hydrogens (tertiary/aromatic N) is 3. The lowest BCUT2D eigenvalue weighted by atomic mass is 9.89. The van der Waals surface area contributed by atoms with Crippen LogP contribution in [-0.2, 0) is 14.3 Å². The molecule has 27 heavy (non-hydrogen) atoms. The van der Waals surface area contributed by atoms with E-state index in [-0.39, 0.29) is 36.6 Å². The molecule has 3 rings (SSSR count). The van der Waals surface area contributed by atoms with Crippen LogP contribution in [-0.4, -0.2) is 91.1 Å². The van der Waals surface area contributed by atoms with Gasteiger partial charge in [-0.3, -0.25) is 14.5 Å². The first-order valence-corrected chi connectivity index (χ1v) is 9.75. The maximum Gasteiger partial charge on any atom is 0.242 e. The minimum Gasteiger partial charge on any atom is -0.381 e. The molecule has 9 heteroatoms. The minimum absolute atomic E-state index is 0. The quantitative estimate of drug-likeness (QED) is 0.727. The van der Waals surface area contributed by atoms with Crippen LogP contribution in [0.1, 0.15) is 38.5 Å². The molecule has 3 saturated heterocycles. The van der Waals surface area contributed by atoms with Gasteiger partial charge in [0.25, 0.3) is 0 Å². The first kappa shape index (κ1) is 24.4. The average Bonchev–Trinajstić information content (AvgIpc) is 2.92. The van der Waals surface area contributed by atoms with Crippen LogP contribution in [0.3, 0.4) is 0 Å². The Morgan fingerprint density at radius 2 is 1.37 bits per heavy atom. The summed E-state index contributed by atoms with van der Waals surface area (Å²) < 4.78 is 5.33. The largest absolute Gasteiger partial charge is 0.381 e.